The van der Waals surface area contributed by atoms with Crippen molar-refractivity contribution in [1.29, 1.82) is 0 Å². The molecule has 3 heterocycles. The van der Waals surface area contributed by atoms with Gasteiger partial charge in [0.05, 0.1) is 17.9 Å². The zero-order valence-electron chi connectivity index (χ0n) is 17.6. The Bertz CT molecular complexity index is 816. The minimum absolute atomic E-state index is 0.00990. The van der Waals surface area contributed by atoms with Gasteiger partial charge >= 0.3 is 0 Å². The Hall–Kier alpha value is -1.90. The molecule has 2 atom stereocenters. The molecule has 30 heavy (non-hydrogen) atoms. The second-order valence-electron chi connectivity index (χ2n) is 8.05. The van der Waals surface area contributed by atoms with Crippen molar-refractivity contribution in [2.45, 2.75) is 62.1 Å². The summed E-state index contributed by atoms with van der Waals surface area (Å²) in [6.07, 6.45) is 6.03. The van der Waals surface area contributed by atoms with Gasteiger partial charge in [-0.25, -0.2) is 0 Å². The van der Waals surface area contributed by atoms with Gasteiger partial charge in [-0.2, -0.15) is 0 Å². The van der Waals surface area contributed by atoms with E-state index in [1.165, 1.54) is 31.0 Å². The lowest BCUT2D eigenvalue weighted by Crippen LogP contribution is -2.36. The van der Waals surface area contributed by atoms with Gasteiger partial charge < -0.3 is 10.1 Å². The number of ether oxygens (including phenoxy) is 1. The molecule has 4 rings (SSSR count). The zero-order chi connectivity index (χ0) is 20.8. The van der Waals surface area contributed by atoms with Crippen LogP contribution >= 0.6 is 11.8 Å². The molecule has 1 aromatic heterocycles. The molecule has 0 saturated carbocycles. The van der Waals surface area contributed by atoms with Crippen molar-refractivity contribution in [3.8, 4) is 5.69 Å². The van der Waals surface area contributed by atoms with Crippen LogP contribution in [0.4, 0.5) is 0 Å². The lowest BCUT2D eigenvalue weighted by atomic mass is 10.1. The molecular weight excluding hydrogens is 398 g/mol. The molecule has 1 amide bonds. The van der Waals surface area contributed by atoms with E-state index in [1.807, 2.05) is 25.1 Å². The Morgan fingerprint density at radius 1 is 1.20 bits per heavy atom. The predicted molar refractivity (Wildman–Crippen MR) is 118 cm³/mol. The van der Waals surface area contributed by atoms with Crippen LogP contribution in [0.5, 0.6) is 0 Å². The average Bonchev–Trinajstić information content (AvgIpc) is 3.43. The van der Waals surface area contributed by atoms with Crippen LogP contribution in [0.25, 0.3) is 5.69 Å². The summed E-state index contributed by atoms with van der Waals surface area (Å²) in [6, 6.07) is 10.2. The number of rotatable bonds is 8. The van der Waals surface area contributed by atoms with Crippen LogP contribution in [0.2, 0.25) is 0 Å². The number of piperidine rings is 1. The maximum absolute atomic E-state index is 12.6. The Morgan fingerprint density at radius 3 is 2.73 bits per heavy atom. The average molecular weight is 430 g/mol. The molecule has 2 unspecified atom stereocenters. The highest BCUT2D eigenvalue weighted by molar-refractivity contribution is 8.00. The van der Waals surface area contributed by atoms with Crippen LogP contribution in [0.15, 0.2) is 35.5 Å². The van der Waals surface area contributed by atoms with Gasteiger partial charge in [-0.3, -0.25) is 14.3 Å². The molecule has 2 fully saturated rings. The Kier molecular flexibility index (Phi) is 7.41. The number of para-hydroxylation sites is 1. The number of nitrogens with one attached hydrogen (secondary N) is 1. The molecule has 0 radical (unpaired) electrons. The quantitative estimate of drug-likeness (QED) is 0.651. The van der Waals surface area contributed by atoms with Crippen LogP contribution in [0.3, 0.4) is 0 Å². The van der Waals surface area contributed by atoms with Gasteiger partial charge in [0.25, 0.3) is 0 Å². The van der Waals surface area contributed by atoms with Crippen molar-refractivity contribution in [3.05, 3.63) is 36.2 Å². The zero-order valence-corrected chi connectivity index (χ0v) is 18.4. The topological polar surface area (TPSA) is 72.3 Å². The number of hydrogen-bond acceptors (Lipinski definition) is 6. The number of carbonyl (C=O) groups is 1. The summed E-state index contributed by atoms with van der Waals surface area (Å²) in [6.45, 7) is 6.28. The minimum atomic E-state index is -0.263. The molecule has 7 nitrogen and oxygen atoms in total. The third-order valence-electron chi connectivity index (χ3n) is 5.71. The summed E-state index contributed by atoms with van der Waals surface area (Å²) in [5.41, 5.74) is 1.03. The molecule has 1 N–H and O–H groups in total. The van der Waals surface area contributed by atoms with Crippen molar-refractivity contribution in [2.24, 2.45) is 0 Å². The van der Waals surface area contributed by atoms with Crippen molar-refractivity contribution in [2.75, 3.05) is 26.2 Å². The van der Waals surface area contributed by atoms with Crippen LogP contribution in [-0.4, -0.2) is 63.2 Å². The first-order chi connectivity index (χ1) is 14.7. The molecule has 0 aliphatic carbocycles. The second-order valence-corrected chi connectivity index (χ2v) is 9.35. The maximum Gasteiger partial charge on any atom is 0.233 e. The van der Waals surface area contributed by atoms with Gasteiger partial charge in [-0.1, -0.05) is 36.4 Å². The third kappa shape index (κ3) is 5.42. The van der Waals surface area contributed by atoms with Crippen LogP contribution in [-0.2, 0) is 16.1 Å². The van der Waals surface area contributed by atoms with E-state index in [-0.39, 0.29) is 17.3 Å². The highest BCUT2D eigenvalue weighted by Gasteiger charge is 2.24. The van der Waals surface area contributed by atoms with E-state index in [1.54, 1.807) is 0 Å². The first-order valence-electron chi connectivity index (χ1n) is 11.0. The van der Waals surface area contributed by atoms with E-state index < -0.39 is 0 Å². The number of aromatic nitrogens is 3. The molecule has 2 aliphatic rings. The number of hydrogen-bond donors (Lipinski definition) is 1. The number of thioether (sulfide) groups is 1. The summed E-state index contributed by atoms with van der Waals surface area (Å²) in [5.74, 6) is 0.938. The number of carbonyl (C=O) groups excluding carboxylic acids is 1. The van der Waals surface area contributed by atoms with Crippen LogP contribution in [0.1, 0.15) is 44.9 Å². The number of likely N-dealkylation sites (tertiary alicyclic amines) is 1. The Labute approximate surface area is 182 Å². The maximum atomic E-state index is 12.6. The minimum Gasteiger partial charge on any atom is -0.376 e. The number of amides is 1. The number of benzene rings is 1. The van der Waals surface area contributed by atoms with E-state index in [4.69, 9.17) is 4.74 Å². The summed E-state index contributed by atoms with van der Waals surface area (Å²) >= 11 is 1.46. The fourth-order valence-corrected chi connectivity index (χ4v) is 4.92. The fourth-order valence-electron chi connectivity index (χ4n) is 4.01. The monoisotopic (exact) mass is 429 g/mol. The highest BCUT2D eigenvalue weighted by Crippen LogP contribution is 2.27. The standard InChI is InChI=1S/C22H31N5O2S/c1-17(21(28)23-15-19-11-8-14-29-19)30-22-25-24-20(16-26-12-6-3-7-13-26)27(22)18-9-4-2-5-10-18/h2,4-5,9-10,17,19H,3,6-8,11-16H2,1H3,(H,23,28). The number of nitrogens with zero attached hydrogens (tertiary/aromatic N) is 4. The lowest BCUT2D eigenvalue weighted by molar-refractivity contribution is -0.120. The van der Waals surface area contributed by atoms with Gasteiger partial charge in [0.2, 0.25) is 5.91 Å². The molecule has 2 aliphatic heterocycles. The summed E-state index contributed by atoms with van der Waals surface area (Å²) in [7, 11) is 0. The van der Waals surface area contributed by atoms with Gasteiger partial charge in [0.15, 0.2) is 11.0 Å². The third-order valence-corrected chi connectivity index (χ3v) is 6.75. The van der Waals surface area contributed by atoms with E-state index in [2.05, 4.69) is 37.1 Å². The highest BCUT2D eigenvalue weighted by atomic mass is 32.2. The molecule has 0 spiro atoms. The summed E-state index contributed by atoms with van der Waals surface area (Å²) in [5, 5.41) is 12.5. The normalized spacial score (nSPS) is 20.9. The van der Waals surface area contributed by atoms with E-state index in [0.717, 1.165) is 55.8 Å². The Balaban J connectivity index is 1.46. The van der Waals surface area contributed by atoms with Crippen molar-refractivity contribution >= 4 is 17.7 Å². The van der Waals surface area contributed by atoms with Crippen LogP contribution in [0, 0.1) is 0 Å². The summed E-state index contributed by atoms with van der Waals surface area (Å²) in [4.78, 5) is 15.1. The van der Waals surface area contributed by atoms with E-state index in [0.29, 0.717) is 6.54 Å². The first kappa shape index (κ1) is 21.3. The molecular formula is C22H31N5O2S. The SMILES string of the molecule is CC(Sc1nnc(CN2CCCCC2)n1-c1ccccc1)C(=O)NCC1CCCO1. The van der Waals surface area contributed by atoms with Gasteiger partial charge in [0, 0.05) is 18.8 Å². The molecule has 2 saturated heterocycles. The lowest BCUT2D eigenvalue weighted by Gasteiger charge is -2.26. The smallest absolute Gasteiger partial charge is 0.233 e. The molecule has 1 aromatic carbocycles. The molecule has 8 heteroatoms. The van der Waals surface area contributed by atoms with Gasteiger partial charge in [0.1, 0.15) is 0 Å². The van der Waals surface area contributed by atoms with Crippen LogP contribution < -0.4 is 5.32 Å². The predicted octanol–water partition coefficient (Wildman–Crippen LogP) is 3.03. The molecule has 162 valence electrons. The van der Waals surface area contributed by atoms with Gasteiger partial charge in [-0.15, -0.1) is 10.2 Å². The molecule has 0 bridgehead atoms. The largest absolute Gasteiger partial charge is 0.376 e. The van der Waals surface area contributed by atoms with Crippen molar-refractivity contribution < 1.29 is 9.53 Å². The van der Waals surface area contributed by atoms with Crippen molar-refractivity contribution in [3.63, 3.8) is 0 Å². The van der Waals surface area contributed by atoms with Gasteiger partial charge in [-0.05, 0) is 57.8 Å². The van der Waals surface area contributed by atoms with E-state index >= 15 is 0 Å². The molecule has 2 aromatic rings. The second kappa shape index (κ2) is 10.4. The summed E-state index contributed by atoms with van der Waals surface area (Å²) < 4.78 is 7.70. The van der Waals surface area contributed by atoms with E-state index in [9.17, 15) is 4.79 Å². The Morgan fingerprint density at radius 2 is 2.00 bits per heavy atom. The van der Waals surface area contributed by atoms with Crippen molar-refractivity contribution in [1.82, 2.24) is 25.0 Å². The first-order valence-corrected chi connectivity index (χ1v) is 11.9. The fraction of sp³-hybridized carbons (Fsp3) is 0.591.